The van der Waals surface area contributed by atoms with E-state index in [-0.39, 0.29) is 23.1 Å². The van der Waals surface area contributed by atoms with Gasteiger partial charge in [0.25, 0.3) is 11.5 Å². The van der Waals surface area contributed by atoms with Crippen LogP contribution in [0.4, 0.5) is 0 Å². The zero-order valence-corrected chi connectivity index (χ0v) is 13.0. The van der Waals surface area contributed by atoms with Gasteiger partial charge in [-0.25, -0.2) is 0 Å². The highest BCUT2D eigenvalue weighted by Crippen LogP contribution is 2.33. The fourth-order valence-corrected chi connectivity index (χ4v) is 2.89. The van der Waals surface area contributed by atoms with Gasteiger partial charge in [0, 0.05) is 18.3 Å². The van der Waals surface area contributed by atoms with E-state index in [0.717, 1.165) is 29.8 Å². The second-order valence-corrected chi connectivity index (χ2v) is 5.85. The SMILES string of the molecule is Cc1cc([C@@H]2CCCN2C(=O)c2cc(C)c(C)[nH]c2=O)on1. The zero-order chi connectivity index (χ0) is 15.9. The average Bonchev–Trinajstić information content (AvgIpc) is 3.10. The smallest absolute Gasteiger partial charge is 0.261 e. The number of nitrogens with one attached hydrogen (secondary N) is 1. The van der Waals surface area contributed by atoms with E-state index in [0.29, 0.717) is 12.3 Å². The summed E-state index contributed by atoms with van der Waals surface area (Å²) in [7, 11) is 0. The molecule has 116 valence electrons. The van der Waals surface area contributed by atoms with E-state index in [1.54, 1.807) is 11.0 Å². The molecular formula is C16H19N3O3. The number of likely N-dealkylation sites (tertiary alicyclic amines) is 1. The van der Waals surface area contributed by atoms with E-state index < -0.39 is 0 Å². The Morgan fingerprint density at radius 1 is 1.36 bits per heavy atom. The number of H-pyrrole nitrogens is 1. The fraction of sp³-hybridized carbons (Fsp3) is 0.438. The summed E-state index contributed by atoms with van der Waals surface area (Å²) in [6.07, 6.45) is 1.71. The molecule has 1 aliphatic heterocycles. The minimum absolute atomic E-state index is 0.144. The topological polar surface area (TPSA) is 79.2 Å². The lowest BCUT2D eigenvalue weighted by Crippen LogP contribution is -2.34. The Morgan fingerprint density at radius 2 is 2.14 bits per heavy atom. The number of aromatic nitrogens is 2. The molecule has 3 heterocycles. The molecular weight excluding hydrogens is 282 g/mol. The van der Waals surface area contributed by atoms with E-state index in [4.69, 9.17) is 4.52 Å². The lowest BCUT2D eigenvalue weighted by Gasteiger charge is -2.22. The maximum atomic E-state index is 12.8. The van der Waals surface area contributed by atoms with Crippen LogP contribution in [-0.2, 0) is 0 Å². The van der Waals surface area contributed by atoms with E-state index in [1.165, 1.54) is 0 Å². The number of aromatic amines is 1. The van der Waals surface area contributed by atoms with Crippen molar-refractivity contribution in [2.45, 2.75) is 39.7 Å². The number of hydrogen-bond acceptors (Lipinski definition) is 4. The monoisotopic (exact) mass is 301 g/mol. The molecule has 0 spiro atoms. The van der Waals surface area contributed by atoms with Crippen LogP contribution >= 0.6 is 0 Å². The summed E-state index contributed by atoms with van der Waals surface area (Å²) in [5.74, 6) is 0.435. The molecule has 22 heavy (non-hydrogen) atoms. The summed E-state index contributed by atoms with van der Waals surface area (Å²) in [5, 5.41) is 3.89. The Morgan fingerprint density at radius 3 is 2.82 bits per heavy atom. The van der Waals surface area contributed by atoms with Crippen molar-refractivity contribution in [2.75, 3.05) is 6.54 Å². The molecule has 1 N–H and O–H groups in total. The van der Waals surface area contributed by atoms with Crippen LogP contribution in [0, 0.1) is 20.8 Å². The summed E-state index contributed by atoms with van der Waals surface area (Å²) in [6, 6.07) is 3.37. The predicted molar refractivity (Wildman–Crippen MR) is 80.8 cm³/mol. The maximum absolute atomic E-state index is 12.8. The van der Waals surface area contributed by atoms with Crippen LogP contribution in [0.1, 0.15) is 52.0 Å². The quantitative estimate of drug-likeness (QED) is 0.922. The number of hydrogen-bond donors (Lipinski definition) is 1. The number of carbonyl (C=O) groups is 1. The molecule has 0 saturated carbocycles. The number of pyridine rings is 1. The first kappa shape index (κ1) is 14.6. The van der Waals surface area contributed by atoms with Crippen LogP contribution in [0.15, 0.2) is 21.5 Å². The van der Waals surface area contributed by atoms with Gasteiger partial charge in [0.15, 0.2) is 5.76 Å². The Hall–Kier alpha value is -2.37. The van der Waals surface area contributed by atoms with Gasteiger partial charge < -0.3 is 14.4 Å². The first-order valence-electron chi connectivity index (χ1n) is 7.42. The van der Waals surface area contributed by atoms with E-state index in [2.05, 4.69) is 10.1 Å². The van der Waals surface area contributed by atoms with E-state index in [1.807, 2.05) is 26.8 Å². The Bertz CT molecular complexity index is 775. The van der Waals surface area contributed by atoms with Gasteiger partial charge in [-0.05, 0) is 45.2 Å². The second kappa shape index (κ2) is 5.44. The Balaban J connectivity index is 1.94. The van der Waals surface area contributed by atoms with Crippen molar-refractivity contribution in [1.82, 2.24) is 15.0 Å². The molecule has 1 saturated heterocycles. The van der Waals surface area contributed by atoms with Crippen molar-refractivity contribution >= 4 is 5.91 Å². The summed E-state index contributed by atoms with van der Waals surface area (Å²) in [6.45, 7) is 6.17. The minimum Gasteiger partial charge on any atom is -0.359 e. The van der Waals surface area contributed by atoms with Crippen LogP contribution < -0.4 is 5.56 Å². The Kier molecular flexibility index (Phi) is 3.60. The lowest BCUT2D eigenvalue weighted by atomic mass is 10.1. The van der Waals surface area contributed by atoms with Crippen LogP contribution in [0.5, 0.6) is 0 Å². The van der Waals surface area contributed by atoms with Gasteiger partial charge in [-0.15, -0.1) is 0 Å². The van der Waals surface area contributed by atoms with Crippen molar-refractivity contribution in [1.29, 1.82) is 0 Å². The standard InChI is InChI=1S/C16H19N3O3/c1-9-7-12(15(20)17-11(9)3)16(21)19-6-4-5-13(19)14-8-10(2)18-22-14/h7-8,13H,4-6H2,1-3H3,(H,17,20)/t13-/m0/s1. The van der Waals surface area contributed by atoms with E-state index in [9.17, 15) is 9.59 Å². The molecule has 0 bridgehead atoms. The van der Waals surface area contributed by atoms with Gasteiger partial charge in [-0.2, -0.15) is 0 Å². The number of aryl methyl sites for hydroxylation is 3. The molecule has 2 aromatic heterocycles. The van der Waals surface area contributed by atoms with Crippen molar-refractivity contribution in [3.05, 3.63) is 50.8 Å². The molecule has 1 amide bonds. The summed E-state index contributed by atoms with van der Waals surface area (Å²) in [5.41, 5.74) is 2.32. The summed E-state index contributed by atoms with van der Waals surface area (Å²) in [4.78, 5) is 29.3. The average molecular weight is 301 g/mol. The second-order valence-electron chi connectivity index (χ2n) is 5.85. The highest BCUT2D eigenvalue weighted by Gasteiger charge is 2.34. The van der Waals surface area contributed by atoms with Crippen LogP contribution in [0.3, 0.4) is 0 Å². The number of carbonyl (C=O) groups excluding carboxylic acids is 1. The van der Waals surface area contributed by atoms with Gasteiger partial charge in [0.2, 0.25) is 0 Å². The van der Waals surface area contributed by atoms with Crippen LogP contribution in [-0.4, -0.2) is 27.5 Å². The molecule has 0 aromatic carbocycles. The molecule has 0 aliphatic carbocycles. The van der Waals surface area contributed by atoms with Crippen LogP contribution in [0.25, 0.3) is 0 Å². The van der Waals surface area contributed by atoms with E-state index >= 15 is 0 Å². The number of nitrogens with zero attached hydrogens (tertiary/aromatic N) is 2. The highest BCUT2D eigenvalue weighted by molar-refractivity contribution is 5.94. The number of amides is 1. The first-order chi connectivity index (χ1) is 10.5. The van der Waals surface area contributed by atoms with Crippen LogP contribution in [0.2, 0.25) is 0 Å². The normalized spacial score (nSPS) is 18.0. The van der Waals surface area contributed by atoms with Gasteiger partial charge >= 0.3 is 0 Å². The number of rotatable bonds is 2. The molecule has 3 rings (SSSR count). The Labute approximate surface area is 128 Å². The molecule has 2 aromatic rings. The lowest BCUT2D eigenvalue weighted by molar-refractivity contribution is 0.0712. The molecule has 6 heteroatoms. The van der Waals surface area contributed by atoms with Crippen molar-refractivity contribution in [3.8, 4) is 0 Å². The van der Waals surface area contributed by atoms with Gasteiger partial charge in [0.05, 0.1) is 11.7 Å². The third-order valence-corrected chi connectivity index (χ3v) is 4.22. The maximum Gasteiger partial charge on any atom is 0.261 e. The molecule has 0 unspecified atom stereocenters. The first-order valence-corrected chi connectivity index (χ1v) is 7.42. The van der Waals surface area contributed by atoms with Crippen molar-refractivity contribution in [3.63, 3.8) is 0 Å². The third-order valence-electron chi connectivity index (χ3n) is 4.22. The fourth-order valence-electron chi connectivity index (χ4n) is 2.89. The van der Waals surface area contributed by atoms with Crippen molar-refractivity contribution < 1.29 is 9.32 Å². The van der Waals surface area contributed by atoms with Gasteiger partial charge in [-0.3, -0.25) is 9.59 Å². The van der Waals surface area contributed by atoms with Gasteiger partial charge in [-0.1, -0.05) is 5.16 Å². The third kappa shape index (κ3) is 2.45. The minimum atomic E-state index is -0.340. The van der Waals surface area contributed by atoms with Gasteiger partial charge in [0.1, 0.15) is 5.56 Å². The molecule has 0 radical (unpaired) electrons. The summed E-state index contributed by atoms with van der Waals surface area (Å²) >= 11 is 0. The zero-order valence-electron chi connectivity index (χ0n) is 13.0. The molecule has 1 fully saturated rings. The molecule has 1 aliphatic rings. The highest BCUT2D eigenvalue weighted by atomic mass is 16.5. The molecule has 6 nitrogen and oxygen atoms in total. The molecule has 1 atom stereocenters. The summed E-state index contributed by atoms with van der Waals surface area (Å²) < 4.78 is 5.31. The largest absolute Gasteiger partial charge is 0.359 e. The predicted octanol–water partition coefficient (Wildman–Crippen LogP) is 2.27. The van der Waals surface area contributed by atoms with Crippen molar-refractivity contribution in [2.24, 2.45) is 0 Å².